The van der Waals surface area contributed by atoms with Crippen LogP contribution in [0.2, 0.25) is 0 Å². The number of nitriles is 1. The molecule has 1 aromatic carbocycles. The molecule has 1 rings (SSSR count). The Balaban J connectivity index is 0.00000113. The van der Waals surface area contributed by atoms with Gasteiger partial charge in [0.1, 0.15) is 0 Å². The first kappa shape index (κ1) is 26.8. The number of carboxylic acid groups (broad SMARTS) is 2. The quantitative estimate of drug-likeness (QED) is 0.196. The van der Waals surface area contributed by atoms with E-state index in [0.717, 1.165) is 43.6 Å². The number of likely N-dealkylation sites (N-methyl/N-ethyl adjacent to an activating group) is 1. The fraction of sp³-hybridized carbons (Fsp3) is 0.474. The first-order valence-corrected chi connectivity index (χ1v) is 11.2. The Hall–Kier alpha value is -2.22. The molecule has 0 atom stereocenters. The van der Waals surface area contributed by atoms with Gasteiger partial charge in [-0.05, 0) is 31.5 Å². The molecule has 8 nitrogen and oxygen atoms in total. The number of rotatable bonds is 9. The van der Waals surface area contributed by atoms with Crippen molar-refractivity contribution in [3.63, 3.8) is 0 Å². The smallest absolute Gasteiger partial charge is 0.414 e. The zero-order valence-electron chi connectivity index (χ0n) is 16.9. The molecule has 0 amide bonds. The van der Waals surface area contributed by atoms with E-state index in [0.29, 0.717) is 0 Å². The number of amidine groups is 1. The van der Waals surface area contributed by atoms with Gasteiger partial charge in [0.25, 0.3) is 0 Å². The Morgan fingerprint density at radius 2 is 1.66 bits per heavy atom. The van der Waals surface area contributed by atoms with Crippen LogP contribution in [-0.4, -0.2) is 81.9 Å². The Morgan fingerprint density at radius 3 is 2.10 bits per heavy atom. The summed E-state index contributed by atoms with van der Waals surface area (Å²) >= 11 is 3.38. The highest BCUT2D eigenvalue weighted by Crippen LogP contribution is 2.17. The molecular weight excluding hydrogens is 412 g/mol. The van der Waals surface area contributed by atoms with Crippen LogP contribution < -0.4 is 0 Å². The van der Waals surface area contributed by atoms with Gasteiger partial charge >= 0.3 is 11.9 Å². The Labute approximate surface area is 180 Å². The molecule has 29 heavy (non-hydrogen) atoms. The number of hydrogen-bond donors (Lipinski definition) is 2. The molecule has 160 valence electrons. The summed E-state index contributed by atoms with van der Waals surface area (Å²) in [5.41, 5.74) is 0. The van der Waals surface area contributed by atoms with Crippen molar-refractivity contribution >= 4 is 40.6 Å². The minimum atomic E-state index is -1.82. The minimum Gasteiger partial charge on any atom is -0.473 e. The van der Waals surface area contributed by atoms with Gasteiger partial charge in [0.05, 0.1) is 0 Å². The highest BCUT2D eigenvalue weighted by Gasteiger charge is 2.12. The number of benzene rings is 1. The standard InChI is InChI=1S/C17H26N4S2.C2H2O4/c1-4-20(5-2)11-12-21(17(22-3)19-15-18)13-14-23-16-9-7-6-8-10-16;3-1(4)2(5)6/h6-10H,4-5,11-14H2,1-3H3;(H,3,4)(H,5,6). The average molecular weight is 441 g/mol. The van der Waals surface area contributed by atoms with E-state index in [1.807, 2.05) is 30.3 Å². The molecule has 1 aromatic rings. The monoisotopic (exact) mass is 440 g/mol. The van der Waals surface area contributed by atoms with Crippen molar-refractivity contribution in [3.8, 4) is 6.19 Å². The summed E-state index contributed by atoms with van der Waals surface area (Å²) in [6.45, 7) is 9.24. The summed E-state index contributed by atoms with van der Waals surface area (Å²) in [5.74, 6) is -2.67. The van der Waals surface area contributed by atoms with Gasteiger partial charge in [0, 0.05) is 30.3 Å². The van der Waals surface area contributed by atoms with Crippen LogP contribution in [0, 0.1) is 11.5 Å². The molecule has 0 saturated heterocycles. The largest absolute Gasteiger partial charge is 0.473 e. The van der Waals surface area contributed by atoms with Crippen molar-refractivity contribution in [1.82, 2.24) is 9.80 Å². The molecule has 0 aliphatic carbocycles. The normalized spacial score (nSPS) is 10.7. The summed E-state index contributed by atoms with van der Waals surface area (Å²) in [6.07, 6.45) is 3.91. The summed E-state index contributed by atoms with van der Waals surface area (Å²) in [7, 11) is 0. The number of aliphatic imine (C=N–C) groups is 1. The van der Waals surface area contributed by atoms with Crippen molar-refractivity contribution in [3.05, 3.63) is 30.3 Å². The maximum atomic E-state index is 9.10. The molecule has 0 spiro atoms. The predicted molar refractivity (Wildman–Crippen MR) is 118 cm³/mol. The zero-order valence-corrected chi connectivity index (χ0v) is 18.6. The van der Waals surface area contributed by atoms with Crippen LogP contribution in [0.25, 0.3) is 0 Å². The predicted octanol–water partition coefficient (Wildman–Crippen LogP) is 2.78. The molecule has 0 aromatic heterocycles. The maximum absolute atomic E-state index is 9.10. The van der Waals surface area contributed by atoms with Gasteiger partial charge in [0.2, 0.25) is 6.19 Å². The second-order valence-corrected chi connectivity index (χ2v) is 7.43. The average Bonchev–Trinajstić information content (AvgIpc) is 2.72. The number of hydrogen-bond acceptors (Lipinski definition) is 7. The van der Waals surface area contributed by atoms with Crippen LogP contribution in [0.15, 0.2) is 40.2 Å². The van der Waals surface area contributed by atoms with E-state index in [2.05, 4.69) is 52.9 Å². The van der Waals surface area contributed by atoms with Crippen molar-refractivity contribution in [2.45, 2.75) is 18.7 Å². The van der Waals surface area contributed by atoms with Crippen LogP contribution in [0.4, 0.5) is 0 Å². The summed E-state index contributed by atoms with van der Waals surface area (Å²) in [4.78, 5) is 28.1. The molecule has 0 saturated carbocycles. The number of carboxylic acids is 2. The van der Waals surface area contributed by atoms with E-state index >= 15 is 0 Å². The topological polar surface area (TPSA) is 117 Å². The van der Waals surface area contributed by atoms with E-state index in [4.69, 9.17) is 25.1 Å². The second-order valence-electron chi connectivity index (χ2n) is 5.48. The van der Waals surface area contributed by atoms with E-state index in [1.54, 1.807) is 11.8 Å². The van der Waals surface area contributed by atoms with Gasteiger partial charge in [-0.2, -0.15) is 5.26 Å². The molecule has 0 fully saturated rings. The Kier molecular flexibility index (Phi) is 15.4. The van der Waals surface area contributed by atoms with Crippen molar-refractivity contribution in [2.75, 3.05) is 44.7 Å². The van der Waals surface area contributed by atoms with Gasteiger partial charge in [0.15, 0.2) is 5.17 Å². The summed E-state index contributed by atoms with van der Waals surface area (Å²) < 4.78 is 0. The van der Waals surface area contributed by atoms with Gasteiger partial charge in [-0.3, -0.25) is 0 Å². The molecule has 10 heteroatoms. The van der Waals surface area contributed by atoms with E-state index < -0.39 is 11.9 Å². The Bertz CT molecular complexity index is 665. The van der Waals surface area contributed by atoms with E-state index in [1.165, 1.54) is 4.90 Å². The fourth-order valence-corrected chi connectivity index (χ4v) is 3.65. The number of aliphatic carboxylic acids is 2. The minimum absolute atomic E-state index is 0.813. The van der Waals surface area contributed by atoms with Gasteiger partial charge in [-0.25, -0.2) is 9.59 Å². The van der Waals surface area contributed by atoms with Crippen molar-refractivity contribution in [2.24, 2.45) is 4.99 Å². The lowest BCUT2D eigenvalue weighted by molar-refractivity contribution is -0.159. The van der Waals surface area contributed by atoms with E-state index in [9.17, 15) is 0 Å². The lowest BCUT2D eigenvalue weighted by atomic mass is 10.4. The SMILES string of the molecule is CCN(CC)CCN(CCSc1ccccc1)C(=NC#N)SC.O=C(O)C(=O)O. The molecule has 0 heterocycles. The van der Waals surface area contributed by atoms with Crippen LogP contribution in [-0.2, 0) is 9.59 Å². The van der Waals surface area contributed by atoms with Crippen LogP contribution in [0.1, 0.15) is 13.8 Å². The summed E-state index contributed by atoms with van der Waals surface area (Å²) in [6, 6.07) is 10.4. The number of thioether (sulfide) groups is 2. The zero-order chi connectivity index (χ0) is 22.1. The lowest BCUT2D eigenvalue weighted by Crippen LogP contribution is -2.38. The van der Waals surface area contributed by atoms with Crippen molar-refractivity contribution in [1.29, 1.82) is 5.26 Å². The molecule has 0 unspecified atom stereocenters. The molecular formula is C19H28N4O4S2. The van der Waals surface area contributed by atoms with Gasteiger partial charge in [-0.1, -0.05) is 43.8 Å². The second kappa shape index (κ2) is 16.7. The van der Waals surface area contributed by atoms with Gasteiger partial charge < -0.3 is 20.0 Å². The summed E-state index contributed by atoms with van der Waals surface area (Å²) in [5, 5.41) is 24.5. The molecule has 0 bridgehead atoms. The van der Waals surface area contributed by atoms with Crippen LogP contribution >= 0.6 is 23.5 Å². The molecule has 2 N–H and O–H groups in total. The lowest BCUT2D eigenvalue weighted by Gasteiger charge is -2.27. The number of carbonyl (C=O) groups is 2. The Morgan fingerprint density at radius 1 is 1.07 bits per heavy atom. The van der Waals surface area contributed by atoms with Crippen molar-refractivity contribution < 1.29 is 19.8 Å². The maximum Gasteiger partial charge on any atom is 0.414 e. The molecule has 0 aliphatic rings. The molecule has 0 radical (unpaired) electrons. The van der Waals surface area contributed by atoms with Gasteiger partial charge in [-0.15, -0.1) is 16.8 Å². The third-order valence-electron chi connectivity index (χ3n) is 3.74. The van der Waals surface area contributed by atoms with Crippen LogP contribution in [0.5, 0.6) is 0 Å². The first-order chi connectivity index (χ1) is 13.9. The fourth-order valence-electron chi connectivity index (χ4n) is 2.18. The van der Waals surface area contributed by atoms with E-state index in [-0.39, 0.29) is 0 Å². The number of nitrogens with zero attached hydrogens (tertiary/aromatic N) is 4. The first-order valence-electron chi connectivity index (χ1n) is 9.01. The molecule has 0 aliphatic heterocycles. The third kappa shape index (κ3) is 12.8. The highest BCUT2D eigenvalue weighted by molar-refractivity contribution is 8.13. The van der Waals surface area contributed by atoms with Crippen LogP contribution in [0.3, 0.4) is 0 Å². The highest BCUT2D eigenvalue weighted by atomic mass is 32.2. The third-order valence-corrected chi connectivity index (χ3v) is 5.44.